The van der Waals surface area contributed by atoms with Crippen LogP contribution in [0.25, 0.3) is 6.08 Å². The molecule has 0 spiro atoms. The van der Waals surface area contributed by atoms with E-state index >= 15 is 0 Å². The highest BCUT2D eigenvalue weighted by atomic mass is 16.5. The van der Waals surface area contributed by atoms with Crippen molar-refractivity contribution in [2.75, 3.05) is 20.8 Å². The van der Waals surface area contributed by atoms with Gasteiger partial charge in [0.25, 0.3) is 0 Å². The number of ether oxygens (including phenoxy) is 3. The molecule has 0 heterocycles. The molecule has 5 heteroatoms. The molecule has 160 valence electrons. The molecule has 0 saturated heterocycles. The van der Waals surface area contributed by atoms with E-state index in [1.165, 1.54) is 6.08 Å². The SMILES string of the molecule is COc1ccc(CCNC(=O)/C=C/c2cccc(OCc3ccccc3)c2)cc1OC. The summed E-state index contributed by atoms with van der Waals surface area (Å²) < 4.78 is 16.4. The fourth-order valence-electron chi connectivity index (χ4n) is 3.05. The van der Waals surface area contributed by atoms with Gasteiger partial charge in [0, 0.05) is 12.6 Å². The summed E-state index contributed by atoms with van der Waals surface area (Å²) in [6.45, 7) is 1.03. The highest BCUT2D eigenvalue weighted by molar-refractivity contribution is 5.91. The normalized spacial score (nSPS) is 10.6. The van der Waals surface area contributed by atoms with Crippen molar-refractivity contribution in [2.24, 2.45) is 0 Å². The summed E-state index contributed by atoms with van der Waals surface area (Å²) in [5.74, 6) is 1.99. The van der Waals surface area contributed by atoms with Gasteiger partial charge in [0.15, 0.2) is 11.5 Å². The summed E-state index contributed by atoms with van der Waals surface area (Å²) in [7, 11) is 3.21. The van der Waals surface area contributed by atoms with E-state index in [0.29, 0.717) is 31.1 Å². The number of methoxy groups -OCH3 is 2. The maximum Gasteiger partial charge on any atom is 0.244 e. The fourth-order valence-corrected chi connectivity index (χ4v) is 3.05. The Morgan fingerprint density at radius 3 is 2.45 bits per heavy atom. The smallest absolute Gasteiger partial charge is 0.244 e. The third-order valence-corrected chi connectivity index (χ3v) is 4.69. The van der Waals surface area contributed by atoms with E-state index in [-0.39, 0.29) is 5.91 Å². The van der Waals surface area contributed by atoms with Crippen LogP contribution in [0.1, 0.15) is 16.7 Å². The van der Waals surface area contributed by atoms with E-state index in [1.54, 1.807) is 20.3 Å². The third kappa shape index (κ3) is 6.93. The number of rotatable bonds is 10. The van der Waals surface area contributed by atoms with Gasteiger partial charge in [-0.3, -0.25) is 4.79 Å². The van der Waals surface area contributed by atoms with Crippen LogP contribution in [0.4, 0.5) is 0 Å². The van der Waals surface area contributed by atoms with Crippen molar-refractivity contribution >= 4 is 12.0 Å². The minimum atomic E-state index is -0.143. The van der Waals surface area contributed by atoms with Crippen LogP contribution in [-0.4, -0.2) is 26.7 Å². The molecule has 1 N–H and O–H groups in total. The molecule has 0 aliphatic rings. The summed E-state index contributed by atoms with van der Waals surface area (Å²) in [6.07, 6.45) is 4.01. The zero-order valence-electron chi connectivity index (χ0n) is 17.8. The number of benzene rings is 3. The molecule has 0 bridgehead atoms. The van der Waals surface area contributed by atoms with Crippen molar-refractivity contribution in [3.63, 3.8) is 0 Å². The van der Waals surface area contributed by atoms with Gasteiger partial charge in [-0.25, -0.2) is 0 Å². The van der Waals surface area contributed by atoms with Crippen molar-refractivity contribution in [1.29, 1.82) is 0 Å². The number of carbonyl (C=O) groups is 1. The summed E-state index contributed by atoms with van der Waals surface area (Å²) in [4.78, 5) is 12.2. The van der Waals surface area contributed by atoms with Crippen LogP contribution < -0.4 is 19.5 Å². The van der Waals surface area contributed by atoms with Crippen LogP contribution in [0.3, 0.4) is 0 Å². The predicted octanol–water partition coefficient (Wildman–Crippen LogP) is 4.65. The monoisotopic (exact) mass is 417 g/mol. The van der Waals surface area contributed by atoms with E-state index in [0.717, 1.165) is 22.4 Å². The molecule has 0 saturated carbocycles. The molecule has 0 aliphatic heterocycles. The molecule has 0 fully saturated rings. The van der Waals surface area contributed by atoms with Crippen LogP contribution in [0, 0.1) is 0 Å². The highest BCUT2D eigenvalue weighted by Crippen LogP contribution is 2.27. The Balaban J connectivity index is 1.47. The van der Waals surface area contributed by atoms with Crippen molar-refractivity contribution in [3.8, 4) is 17.2 Å². The van der Waals surface area contributed by atoms with Gasteiger partial charge in [0.2, 0.25) is 5.91 Å². The second-order valence-electron chi connectivity index (χ2n) is 6.91. The summed E-state index contributed by atoms with van der Waals surface area (Å²) in [5, 5.41) is 2.90. The number of amides is 1. The van der Waals surface area contributed by atoms with E-state index in [1.807, 2.05) is 72.8 Å². The molecular weight excluding hydrogens is 390 g/mol. The molecule has 3 aromatic rings. The van der Waals surface area contributed by atoms with E-state index in [9.17, 15) is 4.79 Å². The number of carbonyl (C=O) groups excluding carboxylic acids is 1. The van der Waals surface area contributed by atoms with Gasteiger partial charge in [0.05, 0.1) is 14.2 Å². The average Bonchev–Trinajstić information content (AvgIpc) is 2.82. The van der Waals surface area contributed by atoms with Gasteiger partial charge in [-0.05, 0) is 53.5 Å². The Kier molecular flexibility index (Phi) is 8.12. The minimum absolute atomic E-state index is 0.143. The van der Waals surface area contributed by atoms with Crippen LogP contribution in [0.15, 0.2) is 78.9 Å². The molecule has 0 unspecified atom stereocenters. The van der Waals surface area contributed by atoms with E-state index in [2.05, 4.69) is 5.32 Å². The first-order chi connectivity index (χ1) is 15.2. The van der Waals surface area contributed by atoms with Crippen LogP contribution >= 0.6 is 0 Å². The standard InChI is InChI=1S/C26H27NO4/c1-29-24-13-11-21(18-25(24)30-2)15-16-27-26(28)14-12-20-9-6-10-23(17-20)31-19-22-7-4-3-5-8-22/h3-14,17-18H,15-16,19H2,1-2H3,(H,27,28)/b14-12+. The van der Waals surface area contributed by atoms with Crippen LogP contribution in [0.5, 0.6) is 17.2 Å². The quantitative estimate of drug-likeness (QED) is 0.488. The highest BCUT2D eigenvalue weighted by Gasteiger charge is 2.05. The Labute approximate surface area is 183 Å². The van der Waals surface area contributed by atoms with Gasteiger partial charge in [-0.15, -0.1) is 0 Å². The second-order valence-corrected chi connectivity index (χ2v) is 6.91. The first-order valence-electron chi connectivity index (χ1n) is 10.1. The molecule has 3 rings (SSSR count). The molecule has 0 radical (unpaired) electrons. The first kappa shape index (κ1) is 22.0. The molecule has 0 aromatic heterocycles. The summed E-state index contributed by atoms with van der Waals surface area (Å²) in [5.41, 5.74) is 3.07. The predicted molar refractivity (Wildman–Crippen MR) is 123 cm³/mol. The Hall–Kier alpha value is -3.73. The third-order valence-electron chi connectivity index (χ3n) is 4.69. The molecule has 31 heavy (non-hydrogen) atoms. The molecular formula is C26H27NO4. The van der Waals surface area contributed by atoms with Gasteiger partial charge in [-0.1, -0.05) is 48.5 Å². The van der Waals surface area contributed by atoms with E-state index in [4.69, 9.17) is 14.2 Å². The Morgan fingerprint density at radius 1 is 0.871 bits per heavy atom. The summed E-state index contributed by atoms with van der Waals surface area (Å²) >= 11 is 0. The van der Waals surface area contributed by atoms with Crippen molar-refractivity contribution in [3.05, 3.63) is 95.6 Å². The lowest BCUT2D eigenvalue weighted by Crippen LogP contribution is -2.23. The van der Waals surface area contributed by atoms with Crippen molar-refractivity contribution in [2.45, 2.75) is 13.0 Å². The second kappa shape index (κ2) is 11.5. The van der Waals surface area contributed by atoms with Crippen molar-refractivity contribution in [1.82, 2.24) is 5.32 Å². The number of hydrogen-bond acceptors (Lipinski definition) is 4. The molecule has 0 atom stereocenters. The molecule has 0 aliphatic carbocycles. The lowest BCUT2D eigenvalue weighted by Gasteiger charge is -2.09. The Bertz CT molecular complexity index is 1010. The zero-order chi connectivity index (χ0) is 21.9. The lowest BCUT2D eigenvalue weighted by molar-refractivity contribution is -0.116. The van der Waals surface area contributed by atoms with Crippen LogP contribution in [-0.2, 0) is 17.8 Å². The van der Waals surface area contributed by atoms with E-state index < -0.39 is 0 Å². The first-order valence-corrected chi connectivity index (χ1v) is 10.1. The van der Waals surface area contributed by atoms with Gasteiger partial charge in [0.1, 0.15) is 12.4 Å². The number of hydrogen-bond donors (Lipinski definition) is 1. The van der Waals surface area contributed by atoms with Gasteiger partial charge >= 0.3 is 0 Å². The maximum atomic E-state index is 12.2. The molecule has 3 aromatic carbocycles. The van der Waals surface area contributed by atoms with Crippen molar-refractivity contribution < 1.29 is 19.0 Å². The molecule has 1 amide bonds. The average molecular weight is 418 g/mol. The minimum Gasteiger partial charge on any atom is -0.493 e. The zero-order valence-corrected chi connectivity index (χ0v) is 17.8. The maximum absolute atomic E-state index is 12.2. The largest absolute Gasteiger partial charge is 0.493 e. The van der Waals surface area contributed by atoms with Gasteiger partial charge < -0.3 is 19.5 Å². The Morgan fingerprint density at radius 2 is 1.68 bits per heavy atom. The lowest BCUT2D eigenvalue weighted by atomic mass is 10.1. The van der Waals surface area contributed by atoms with Crippen LogP contribution in [0.2, 0.25) is 0 Å². The topological polar surface area (TPSA) is 56.8 Å². The summed E-state index contributed by atoms with van der Waals surface area (Å²) in [6, 6.07) is 23.4. The number of nitrogens with one attached hydrogen (secondary N) is 1. The molecule has 5 nitrogen and oxygen atoms in total. The van der Waals surface area contributed by atoms with Gasteiger partial charge in [-0.2, -0.15) is 0 Å². The fraction of sp³-hybridized carbons (Fsp3) is 0.192.